The van der Waals surface area contributed by atoms with Crippen LogP contribution in [-0.4, -0.2) is 34.6 Å². The first-order valence-corrected chi connectivity index (χ1v) is 8.15. The third-order valence-corrected chi connectivity index (χ3v) is 4.65. The van der Waals surface area contributed by atoms with Crippen molar-refractivity contribution >= 4 is 40.3 Å². The van der Waals surface area contributed by atoms with E-state index in [4.69, 9.17) is 0 Å². The van der Waals surface area contributed by atoms with Gasteiger partial charge in [0.15, 0.2) is 0 Å². The summed E-state index contributed by atoms with van der Waals surface area (Å²) in [6, 6.07) is 6.36. The van der Waals surface area contributed by atoms with Crippen LogP contribution in [0.5, 0.6) is 0 Å². The maximum absolute atomic E-state index is 12.3. The lowest BCUT2D eigenvalue weighted by molar-refractivity contribution is -0.143. The highest BCUT2D eigenvalue weighted by molar-refractivity contribution is 14.1. The second-order valence-corrected chi connectivity index (χ2v) is 6.53. The zero-order valence-electron chi connectivity index (χ0n) is 11.9. The van der Waals surface area contributed by atoms with Crippen LogP contribution in [-0.2, 0) is 4.79 Å². The van der Waals surface area contributed by atoms with Crippen LogP contribution < -0.4 is 5.32 Å². The summed E-state index contributed by atoms with van der Waals surface area (Å²) in [5.74, 6) is -0.542. The van der Waals surface area contributed by atoms with E-state index in [9.17, 15) is 14.7 Å². The molecule has 0 bridgehead atoms. The molecule has 2 rings (SSSR count). The van der Waals surface area contributed by atoms with E-state index in [0.29, 0.717) is 24.6 Å². The molecule has 1 saturated heterocycles. The van der Waals surface area contributed by atoms with E-state index in [0.717, 1.165) is 16.4 Å². The molecule has 0 aromatic heterocycles. The zero-order valence-corrected chi connectivity index (χ0v) is 14.0. The van der Waals surface area contributed by atoms with Crippen molar-refractivity contribution in [2.45, 2.75) is 32.2 Å². The van der Waals surface area contributed by atoms with E-state index in [1.165, 1.54) is 4.90 Å². The first-order chi connectivity index (χ1) is 10.0. The predicted molar refractivity (Wildman–Crippen MR) is 89.3 cm³/mol. The summed E-state index contributed by atoms with van der Waals surface area (Å²) in [6.07, 6.45) is 2.35. The van der Waals surface area contributed by atoms with E-state index < -0.39 is 12.0 Å². The summed E-state index contributed by atoms with van der Waals surface area (Å²) in [6.45, 7) is 2.55. The number of carbonyl (C=O) groups excluding carboxylic acids is 1. The number of hydrogen-bond donors (Lipinski definition) is 2. The number of aliphatic carboxylic acids is 1. The summed E-state index contributed by atoms with van der Waals surface area (Å²) in [4.78, 5) is 25.2. The minimum Gasteiger partial charge on any atom is -0.480 e. The minimum absolute atomic E-state index is 0.335. The Bertz CT molecular complexity index is 518. The molecule has 1 aromatic carbocycles. The van der Waals surface area contributed by atoms with E-state index in [1.54, 1.807) is 0 Å². The summed E-state index contributed by atoms with van der Waals surface area (Å²) >= 11 is 2.19. The first kappa shape index (κ1) is 16.1. The molecular weight excluding hydrogens is 383 g/mol. The highest BCUT2D eigenvalue weighted by atomic mass is 127. The molecule has 1 heterocycles. The van der Waals surface area contributed by atoms with Crippen LogP contribution in [0.25, 0.3) is 0 Å². The zero-order chi connectivity index (χ0) is 15.4. The Hall–Kier alpha value is -1.31. The average molecular weight is 402 g/mol. The molecule has 2 N–H and O–H groups in total. The number of amides is 2. The molecule has 0 aliphatic carbocycles. The van der Waals surface area contributed by atoms with Gasteiger partial charge in [0, 0.05) is 15.8 Å². The molecule has 114 valence electrons. The fourth-order valence-corrected chi connectivity index (χ4v) is 2.97. The molecule has 2 atom stereocenters. The molecular formula is C15H19IN2O3. The van der Waals surface area contributed by atoms with Gasteiger partial charge in [0.1, 0.15) is 6.04 Å². The molecule has 21 heavy (non-hydrogen) atoms. The summed E-state index contributed by atoms with van der Waals surface area (Å²) in [5.41, 5.74) is 0.683. The molecule has 1 aliphatic heterocycles. The Kier molecular flexibility index (Phi) is 5.44. The van der Waals surface area contributed by atoms with Crippen molar-refractivity contribution in [3.05, 3.63) is 27.8 Å². The Labute approximate surface area is 137 Å². The average Bonchev–Trinajstić information content (AvgIpc) is 2.48. The Balaban J connectivity index is 2.06. The van der Waals surface area contributed by atoms with Gasteiger partial charge in [-0.2, -0.15) is 0 Å². The van der Waals surface area contributed by atoms with Crippen LogP contribution in [0.4, 0.5) is 10.5 Å². The Morgan fingerprint density at radius 1 is 1.38 bits per heavy atom. The topological polar surface area (TPSA) is 69.6 Å². The number of anilines is 1. The molecule has 2 unspecified atom stereocenters. The molecule has 1 aromatic rings. The summed E-state index contributed by atoms with van der Waals surface area (Å²) in [7, 11) is 0. The van der Waals surface area contributed by atoms with Crippen molar-refractivity contribution in [2.75, 3.05) is 11.9 Å². The number of hydrogen-bond acceptors (Lipinski definition) is 2. The number of halogens is 1. The monoisotopic (exact) mass is 402 g/mol. The standard InChI is InChI=1S/C15H19IN2O3/c1-2-10-7-8-18(13(9-10)14(19)20)15(21)17-12-5-3-11(16)4-6-12/h3-6,10,13H,2,7-9H2,1H3,(H,17,21)(H,19,20). The van der Waals surface area contributed by atoms with Crippen LogP contribution in [0.1, 0.15) is 26.2 Å². The fourth-order valence-electron chi connectivity index (χ4n) is 2.61. The van der Waals surface area contributed by atoms with Crippen molar-refractivity contribution in [1.29, 1.82) is 0 Å². The molecule has 0 saturated carbocycles. The number of nitrogens with zero attached hydrogens (tertiary/aromatic N) is 1. The van der Waals surface area contributed by atoms with Gasteiger partial charge in [0.2, 0.25) is 0 Å². The van der Waals surface area contributed by atoms with Gasteiger partial charge in [0.25, 0.3) is 0 Å². The lowest BCUT2D eigenvalue weighted by atomic mass is 9.89. The van der Waals surface area contributed by atoms with Gasteiger partial charge in [-0.15, -0.1) is 0 Å². The van der Waals surface area contributed by atoms with Crippen molar-refractivity contribution in [1.82, 2.24) is 4.90 Å². The molecule has 5 nitrogen and oxygen atoms in total. The second-order valence-electron chi connectivity index (χ2n) is 5.28. The van der Waals surface area contributed by atoms with E-state index in [2.05, 4.69) is 34.8 Å². The highest BCUT2D eigenvalue weighted by Gasteiger charge is 2.35. The van der Waals surface area contributed by atoms with Crippen LogP contribution in [0.2, 0.25) is 0 Å². The highest BCUT2D eigenvalue weighted by Crippen LogP contribution is 2.26. The largest absolute Gasteiger partial charge is 0.480 e. The summed E-state index contributed by atoms with van der Waals surface area (Å²) in [5, 5.41) is 12.1. The van der Waals surface area contributed by atoms with E-state index >= 15 is 0 Å². The van der Waals surface area contributed by atoms with Crippen molar-refractivity contribution in [3.8, 4) is 0 Å². The first-order valence-electron chi connectivity index (χ1n) is 7.07. The number of carboxylic acid groups (broad SMARTS) is 1. The van der Waals surface area contributed by atoms with Crippen molar-refractivity contribution < 1.29 is 14.7 Å². The van der Waals surface area contributed by atoms with Crippen LogP contribution in [0.15, 0.2) is 24.3 Å². The fraction of sp³-hybridized carbons (Fsp3) is 0.467. The van der Waals surface area contributed by atoms with Crippen LogP contribution in [0, 0.1) is 9.49 Å². The number of carbonyl (C=O) groups is 2. The Morgan fingerprint density at radius 3 is 2.62 bits per heavy atom. The lowest BCUT2D eigenvalue weighted by Crippen LogP contribution is -2.51. The minimum atomic E-state index is -0.925. The second kappa shape index (κ2) is 7.11. The smallest absolute Gasteiger partial charge is 0.326 e. The Morgan fingerprint density at radius 2 is 2.05 bits per heavy atom. The quantitative estimate of drug-likeness (QED) is 0.762. The number of likely N-dealkylation sites (tertiary alicyclic amines) is 1. The molecule has 6 heteroatoms. The maximum atomic E-state index is 12.3. The van der Waals surface area contributed by atoms with Crippen LogP contribution in [0.3, 0.4) is 0 Å². The van der Waals surface area contributed by atoms with Crippen molar-refractivity contribution in [2.24, 2.45) is 5.92 Å². The van der Waals surface area contributed by atoms with Crippen LogP contribution >= 0.6 is 22.6 Å². The van der Waals surface area contributed by atoms with Gasteiger partial charge in [0.05, 0.1) is 0 Å². The third-order valence-electron chi connectivity index (χ3n) is 3.93. The van der Waals surface area contributed by atoms with E-state index in [-0.39, 0.29) is 6.03 Å². The van der Waals surface area contributed by atoms with Crippen molar-refractivity contribution in [3.63, 3.8) is 0 Å². The molecule has 1 fully saturated rings. The van der Waals surface area contributed by atoms with Gasteiger partial charge < -0.3 is 15.3 Å². The van der Waals surface area contributed by atoms with Gasteiger partial charge in [-0.1, -0.05) is 13.3 Å². The molecule has 1 aliphatic rings. The number of urea groups is 1. The number of piperidine rings is 1. The SMILES string of the molecule is CCC1CCN(C(=O)Nc2ccc(I)cc2)C(C(=O)O)C1. The predicted octanol–water partition coefficient (Wildman–Crippen LogP) is 3.40. The lowest BCUT2D eigenvalue weighted by Gasteiger charge is -2.36. The van der Waals surface area contributed by atoms with Gasteiger partial charge in [-0.25, -0.2) is 9.59 Å². The molecule has 0 spiro atoms. The van der Waals surface area contributed by atoms with Gasteiger partial charge in [-0.05, 0) is 65.6 Å². The summed E-state index contributed by atoms with van der Waals surface area (Å²) < 4.78 is 1.08. The number of benzene rings is 1. The number of carboxylic acids is 1. The van der Waals surface area contributed by atoms with E-state index in [1.807, 2.05) is 24.3 Å². The number of rotatable bonds is 3. The maximum Gasteiger partial charge on any atom is 0.326 e. The third kappa shape index (κ3) is 4.09. The molecule has 2 amide bonds. The normalized spacial score (nSPS) is 21.9. The number of nitrogens with one attached hydrogen (secondary N) is 1. The molecule has 0 radical (unpaired) electrons. The van der Waals surface area contributed by atoms with Gasteiger partial charge in [-0.3, -0.25) is 0 Å². The van der Waals surface area contributed by atoms with Gasteiger partial charge >= 0.3 is 12.0 Å².